The average molecular weight is 622 g/mol. The lowest BCUT2D eigenvalue weighted by Gasteiger charge is -2.22. The van der Waals surface area contributed by atoms with Crippen molar-refractivity contribution in [2.45, 2.75) is 50.1 Å². The lowest BCUT2D eigenvalue weighted by molar-refractivity contribution is 0.520. The Morgan fingerprint density at radius 3 is 2.27 bits per heavy atom. The quantitative estimate of drug-likeness (QED) is 0.154. The topological polar surface area (TPSA) is 88.1 Å². The predicted octanol–water partition coefficient (Wildman–Crippen LogP) is 7.35. The number of thiazole rings is 1. The molecule has 4 aromatic rings. The predicted molar refractivity (Wildman–Crippen MR) is 160 cm³/mol. The van der Waals surface area contributed by atoms with Crippen LogP contribution in [0.15, 0.2) is 52.6 Å². The molecule has 0 atom stereocenters. The van der Waals surface area contributed by atoms with Gasteiger partial charge in [0.05, 0.1) is 27.0 Å². The average Bonchev–Trinajstić information content (AvgIpc) is 3.36. The van der Waals surface area contributed by atoms with Crippen molar-refractivity contribution in [1.82, 2.24) is 15.0 Å². The highest BCUT2D eigenvalue weighted by Crippen LogP contribution is 2.42. The molecule has 2 aromatic heterocycles. The normalized spacial score (nSPS) is 12.0. The summed E-state index contributed by atoms with van der Waals surface area (Å²) in [5.74, 6) is -3.50. The van der Waals surface area contributed by atoms with E-state index in [4.69, 9.17) is 4.98 Å². The van der Waals surface area contributed by atoms with E-state index in [2.05, 4.69) is 9.97 Å². The molecule has 0 amide bonds. The Kier molecular flexibility index (Phi) is 9.00. The molecule has 41 heavy (non-hydrogen) atoms. The van der Waals surface area contributed by atoms with E-state index >= 15 is 13.2 Å². The largest absolute Gasteiger partial charge is 0.372 e. The number of halogens is 3. The molecule has 0 fully saturated rings. The van der Waals surface area contributed by atoms with E-state index in [1.165, 1.54) is 41.3 Å². The fourth-order valence-corrected chi connectivity index (χ4v) is 6.77. The SMILES string of the molecule is CCN(CC)c1cc(F)c(S(=O)(=O)Nc2cccc(-c3nc(C(C)(C)C)sc3-c3ccnc(SC)n3)c2F)c(F)c1. The second-order valence-corrected chi connectivity index (χ2v) is 13.5. The van der Waals surface area contributed by atoms with Gasteiger partial charge >= 0.3 is 0 Å². The van der Waals surface area contributed by atoms with Gasteiger partial charge in [0.25, 0.3) is 10.0 Å². The maximum atomic E-state index is 16.0. The van der Waals surface area contributed by atoms with Crippen LogP contribution in [0.1, 0.15) is 39.6 Å². The van der Waals surface area contributed by atoms with Gasteiger partial charge in [-0.15, -0.1) is 11.3 Å². The van der Waals surface area contributed by atoms with E-state index in [0.717, 1.165) is 17.1 Å². The monoisotopic (exact) mass is 621 g/mol. The van der Waals surface area contributed by atoms with Gasteiger partial charge in [0, 0.05) is 36.0 Å². The Labute approximate surface area is 246 Å². The molecule has 13 heteroatoms. The lowest BCUT2D eigenvalue weighted by Crippen LogP contribution is -2.23. The number of thioether (sulfide) groups is 1. The molecule has 7 nitrogen and oxygen atoms in total. The summed E-state index contributed by atoms with van der Waals surface area (Å²) >= 11 is 2.71. The second-order valence-electron chi connectivity index (χ2n) is 10.1. The molecule has 0 spiro atoms. The third-order valence-corrected chi connectivity index (χ3v) is 9.68. The van der Waals surface area contributed by atoms with Gasteiger partial charge in [-0.1, -0.05) is 38.6 Å². The summed E-state index contributed by atoms with van der Waals surface area (Å²) in [6.45, 7) is 10.5. The Morgan fingerprint density at radius 1 is 1.02 bits per heavy atom. The van der Waals surface area contributed by atoms with E-state index in [-0.39, 0.29) is 22.4 Å². The molecule has 218 valence electrons. The van der Waals surface area contributed by atoms with E-state index in [1.54, 1.807) is 17.2 Å². The standard InChI is InChI=1S/C28H30F3N5O2S3/c1-7-36(8-2)16-14-18(29)25(19(30)15-16)41(37,38)35-20-11-9-10-17(22(20)31)23-24(40-26(34-23)28(3,4)5)21-12-13-32-27(33-21)39-6/h9-15,35H,7-8H2,1-6H3. The van der Waals surface area contributed by atoms with Crippen LogP contribution in [0.4, 0.5) is 24.5 Å². The minimum Gasteiger partial charge on any atom is -0.372 e. The van der Waals surface area contributed by atoms with Gasteiger partial charge in [0.15, 0.2) is 15.9 Å². The number of hydrogen-bond donors (Lipinski definition) is 1. The molecule has 2 heterocycles. The minimum absolute atomic E-state index is 0.00842. The van der Waals surface area contributed by atoms with E-state index in [9.17, 15) is 8.42 Å². The van der Waals surface area contributed by atoms with Crippen molar-refractivity contribution in [3.05, 3.63) is 65.1 Å². The van der Waals surface area contributed by atoms with Gasteiger partial charge < -0.3 is 4.90 Å². The van der Waals surface area contributed by atoms with Crippen LogP contribution in [0.25, 0.3) is 21.8 Å². The zero-order valence-corrected chi connectivity index (χ0v) is 25.9. The summed E-state index contributed by atoms with van der Waals surface area (Å²) < 4.78 is 74.4. The van der Waals surface area contributed by atoms with Crippen LogP contribution in [-0.2, 0) is 15.4 Å². The first-order chi connectivity index (χ1) is 19.3. The number of benzene rings is 2. The number of nitrogens with one attached hydrogen (secondary N) is 1. The number of nitrogens with zero attached hydrogens (tertiary/aromatic N) is 4. The molecule has 0 aliphatic rings. The van der Waals surface area contributed by atoms with Crippen molar-refractivity contribution in [3.8, 4) is 21.8 Å². The lowest BCUT2D eigenvalue weighted by atomic mass is 9.98. The van der Waals surface area contributed by atoms with Gasteiger partial charge in [-0.3, -0.25) is 4.72 Å². The Balaban J connectivity index is 1.80. The molecule has 0 unspecified atom stereocenters. The summed E-state index contributed by atoms with van der Waals surface area (Å²) in [4.78, 5) is 14.5. The van der Waals surface area contributed by atoms with Crippen LogP contribution in [-0.4, -0.2) is 42.7 Å². The summed E-state index contributed by atoms with van der Waals surface area (Å²) in [6, 6.07) is 7.70. The fourth-order valence-electron chi connectivity index (χ4n) is 4.13. The van der Waals surface area contributed by atoms with Gasteiger partial charge in [0.1, 0.15) is 11.6 Å². The molecule has 0 saturated heterocycles. The summed E-state index contributed by atoms with van der Waals surface area (Å²) in [5, 5.41) is 1.24. The maximum Gasteiger partial charge on any atom is 0.267 e. The molecule has 0 radical (unpaired) electrons. The van der Waals surface area contributed by atoms with Crippen LogP contribution in [0.2, 0.25) is 0 Å². The first-order valence-corrected chi connectivity index (χ1v) is 16.3. The molecule has 4 rings (SSSR count). The van der Waals surface area contributed by atoms with Gasteiger partial charge in [-0.05, 0) is 50.4 Å². The van der Waals surface area contributed by atoms with Crippen LogP contribution in [0.3, 0.4) is 0 Å². The Hall–Kier alpha value is -3.16. The molecular formula is C28H30F3N5O2S3. The van der Waals surface area contributed by atoms with Gasteiger partial charge in [-0.25, -0.2) is 36.5 Å². The van der Waals surface area contributed by atoms with Crippen molar-refractivity contribution in [3.63, 3.8) is 0 Å². The van der Waals surface area contributed by atoms with Crippen molar-refractivity contribution >= 4 is 44.5 Å². The zero-order valence-electron chi connectivity index (χ0n) is 23.4. The van der Waals surface area contributed by atoms with E-state index < -0.39 is 38.1 Å². The first kappa shape index (κ1) is 30.8. The number of hydrogen-bond acceptors (Lipinski definition) is 8. The molecule has 0 saturated carbocycles. The van der Waals surface area contributed by atoms with Crippen LogP contribution in [0, 0.1) is 17.5 Å². The number of rotatable bonds is 9. The summed E-state index contributed by atoms with van der Waals surface area (Å²) in [5.41, 5.74) is 0.180. The molecule has 2 aromatic carbocycles. The van der Waals surface area contributed by atoms with E-state index in [0.29, 0.717) is 28.8 Å². The molecule has 0 bridgehead atoms. The van der Waals surface area contributed by atoms with Crippen LogP contribution >= 0.6 is 23.1 Å². The Morgan fingerprint density at radius 2 is 1.68 bits per heavy atom. The molecular weight excluding hydrogens is 592 g/mol. The maximum absolute atomic E-state index is 16.0. The van der Waals surface area contributed by atoms with Crippen molar-refractivity contribution < 1.29 is 21.6 Å². The van der Waals surface area contributed by atoms with Crippen LogP contribution < -0.4 is 9.62 Å². The van der Waals surface area contributed by atoms with Crippen molar-refractivity contribution in [1.29, 1.82) is 0 Å². The highest BCUT2D eigenvalue weighted by Gasteiger charge is 2.29. The second kappa shape index (κ2) is 12.0. The summed E-state index contributed by atoms with van der Waals surface area (Å²) in [6.07, 6.45) is 3.44. The van der Waals surface area contributed by atoms with E-state index in [1.807, 2.05) is 45.6 Å². The highest BCUT2D eigenvalue weighted by atomic mass is 32.2. The number of sulfonamides is 1. The van der Waals surface area contributed by atoms with Crippen LogP contribution in [0.5, 0.6) is 0 Å². The minimum atomic E-state index is -4.84. The van der Waals surface area contributed by atoms with Gasteiger partial charge in [0.2, 0.25) is 0 Å². The molecule has 0 aliphatic heterocycles. The van der Waals surface area contributed by atoms with Crippen molar-refractivity contribution in [2.24, 2.45) is 0 Å². The first-order valence-electron chi connectivity index (χ1n) is 12.7. The molecule has 0 aliphatic carbocycles. The zero-order chi connectivity index (χ0) is 30.1. The van der Waals surface area contributed by atoms with Crippen molar-refractivity contribution in [2.75, 3.05) is 29.0 Å². The molecule has 1 N–H and O–H groups in total. The fraction of sp³-hybridized carbons (Fsp3) is 0.321. The Bertz CT molecular complexity index is 1660. The summed E-state index contributed by atoms with van der Waals surface area (Å²) in [7, 11) is -4.84. The highest BCUT2D eigenvalue weighted by molar-refractivity contribution is 7.98. The van der Waals surface area contributed by atoms with Gasteiger partial charge in [-0.2, -0.15) is 0 Å². The third-order valence-electron chi connectivity index (χ3n) is 6.20. The smallest absolute Gasteiger partial charge is 0.267 e. The number of anilines is 2. The number of aromatic nitrogens is 3. The third kappa shape index (κ3) is 6.36.